The van der Waals surface area contributed by atoms with Gasteiger partial charge in [0, 0.05) is 25.4 Å². The summed E-state index contributed by atoms with van der Waals surface area (Å²) in [5.41, 5.74) is 1.57. The second kappa shape index (κ2) is 7.42. The Morgan fingerprint density at radius 3 is 2.86 bits per heavy atom. The summed E-state index contributed by atoms with van der Waals surface area (Å²) in [7, 11) is 0. The summed E-state index contributed by atoms with van der Waals surface area (Å²) in [4.78, 5) is 26.5. The van der Waals surface area contributed by atoms with Gasteiger partial charge in [0.2, 0.25) is 5.91 Å². The number of unbranched alkanes of at least 4 members (excludes halogenated alkanes) is 2. The lowest BCUT2D eigenvalue weighted by Crippen LogP contribution is -2.26. The van der Waals surface area contributed by atoms with E-state index in [9.17, 15) is 9.59 Å². The normalized spacial score (nSPS) is 10.7. The Hall–Kier alpha value is -2.37. The second-order valence-electron chi connectivity index (χ2n) is 4.93. The van der Waals surface area contributed by atoms with Crippen LogP contribution in [0.3, 0.4) is 0 Å². The van der Waals surface area contributed by atoms with Crippen LogP contribution < -0.4 is 5.32 Å². The number of rotatable bonds is 8. The van der Waals surface area contributed by atoms with Crippen LogP contribution in [0.4, 0.5) is 0 Å². The lowest BCUT2D eigenvalue weighted by atomic mass is 10.2. The van der Waals surface area contributed by atoms with Crippen molar-refractivity contribution >= 4 is 17.5 Å². The number of carbonyl (C=O) groups is 2. The zero-order chi connectivity index (χ0) is 15.1. The third kappa shape index (κ3) is 4.91. The topological polar surface area (TPSA) is 83.7 Å². The largest absolute Gasteiger partial charge is 0.481 e. The molecule has 2 heterocycles. The summed E-state index contributed by atoms with van der Waals surface area (Å²) < 4.78 is 1.88. The first kappa shape index (κ1) is 15.0. The van der Waals surface area contributed by atoms with Crippen LogP contribution in [0.15, 0.2) is 30.6 Å². The minimum Gasteiger partial charge on any atom is -0.481 e. The molecule has 0 fully saturated rings. The molecule has 0 saturated heterocycles. The van der Waals surface area contributed by atoms with Crippen LogP contribution in [0.5, 0.6) is 0 Å². The number of carboxylic acids is 1. The number of pyridine rings is 1. The molecule has 0 saturated carbocycles. The predicted octanol–water partition coefficient (Wildman–Crippen LogP) is 1.64. The van der Waals surface area contributed by atoms with Gasteiger partial charge in [-0.2, -0.15) is 0 Å². The highest BCUT2D eigenvalue weighted by molar-refractivity contribution is 5.78. The number of nitrogens with one attached hydrogen (secondary N) is 1. The van der Waals surface area contributed by atoms with Gasteiger partial charge in [-0.1, -0.05) is 12.5 Å². The lowest BCUT2D eigenvalue weighted by molar-refractivity contribution is -0.137. The van der Waals surface area contributed by atoms with E-state index in [1.54, 1.807) is 0 Å². The Kier molecular flexibility index (Phi) is 5.31. The van der Waals surface area contributed by atoms with Crippen molar-refractivity contribution in [3.63, 3.8) is 0 Å². The van der Waals surface area contributed by atoms with E-state index in [0.29, 0.717) is 13.0 Å². The first-order valence-corrected chi connectivity index (χ1v) is 7.06. The number of hydrogen-bond donors (Lipinski definition) is 2. The fraction of sp³-hybridized carbons (Fsp3) is 0.400. The number of fused-ring (bicyclic) bond motifs is 1. The molecule has 2 rings (SSSR count). The molecule has 0 atom stereocenters. The maximum absolute atomic E-state index is 11.8. The molecule has 6 nitrogen and oxygen atoms in total. The molecule has 0 unspecified atom stereocenters. The van der Waals surface area contributed by atoms with Gasteiger partial charge in [-0.15, -0.1) is 0 Å². The molecular formula is C15H19N3O3. The summed E-state index contributed by atoms with van der Waals surface area (Å²) in [5.74, 6) is -0.831. The number of aromatic nitrogens is 2. The van der Waals surface area contributed by atoms with Crippen molar-refractivity contribution in [2.24, 2.45) is 0 Å². The molecule has 2 aromatic heterocycles. The van der Waals surface area contributed by atoms with E-state index in [4.69, 9.17) is 5.11 Å². The van der Waals surface area contributed by atoms with Crippen LogP contribution in [0.2, 0.25) is 0 Å². The van der Waals surface area contributed by atoms with Crippen molar-refractivity contribution in [1.29, 1.82) is 0 Å². The number of nitrogens with zero attached hydrogens (tertiary/aromatic N) is 2. The maximum atomic E-state index is 11.8. The molecule has 112 valence electrons. The van der Waals surface area contributed by atoms with Gasteiger partial charge in [0.05, 0.1) is 12.1 Å². The van der Waals surface area contributed by atoms with Gasteiger partial charge in [-0.05, 0) is 25.0 Å². The van der Waals surface area contributed by atoms with E-state index in [1.807, 2.05) is 35.0 Å². The number of carbonyl (C=O) groups excluding carboxylic acids is 1. The monoisotopic (exact) mass is 289 g/mol. The highest BCUT2D eigenvalue weighted by Gasteiger charge is 2.06. The third-order valence-corrected chi connectivity index (χ3v) is 3.15. The lowest BCUT2D eigenvalue weighted by Gasteiger charge is -2.03. The van der Waals surface area contributed by atoms with Crippen molar-refractivity contribution < 1.29 is 14.7 Å². The van der Waals surface area contributed by atoms with Gasteiger partial charge < -0.3 is 14.8 Å². The molecule has 21 heavy (non-hydrogen) atoms. The Bertz CT molecular complexity index is 588. The summed E-state index contributed by atoms with van der Waals surface area (Å²) in [6.07, 6.45) is 6.45. The van der Waals surface area contributed by atoms with E-state index in [0.717, 1.165) is 24.2 Å². The third-order valence-electron chi connectivity index (χ3n) is 3.15. The minimum atomic E-state index is -0.772. The Balaban J connectivity index is 1.68. The average Bonchev–Trinajstić information content (AvgIpc) is 2.84. The number of aliphatic carboxylic acids is 1. The van der Waals surface area contributed by atoms with Gasteiger partial charge in [0.25, 0.3) is 0 Å². The molecule has 6 heteroatoms. The summed E-state index contributed by atoms with van der Waals surface area (Å²) >= 11 is 0. The van der Waals surface area contributed by atoms with Gasteiger partial charge in [-0.25, -0.2) is 4.98 Å². The first-order valence-electron chi connectivity index (χ1n) is 7.06. The average molecular weight is 289 g/mol. The van der Waals surface area contributed by atoms with Gasteiger partial charge in [0.15, 0.2) is 0 Å². The van der Waals surface area contributed by atoms with Crippen molar-refractivity contribution in [3.05, 3.63) is 36.3 Å². The van der Waals surface area contributed by atoms with Crippen LogP contribution >= 0.6 is 0 Å². The summed E-state index contributed by atoms with van der Waals surface area (Å²) in [6, 6.07) is 5.71. The minimum absolute atomic E-state index is 0.0587. The molecule has 0 spiro atoms. The van der Waals surface area contributed by atoms with E-state index in [2.05, 4.69) is 10.3 Å². The Morgan fingerprint density at radius 2 is 2.10 bits per heavy atom. The molecule has 0 aliphatic carbocycles. The van der Waals surface area contributed by atoms with Crippen LogP contribution in [-0.4, -0.2) is 32.9 Å². The molecule has 1 amide bonds. The fourth-order valence-electron chi connectivity index (χ4n) is 2.11. The quantitative estimate of drug-likeness (QED) is 0.724. The summed E-state index contributed by atoms with van der Waals surface area (Å²) in [5, 5.41) is 11.3. The van der Waals surface area contributed by atoms with Crippen molar-refractivity contribution in [2.45, 2.75) is 32.1 Å². The molecule has 0 aromatic carbocycles. The van der Waals surface area contributed by atoms with Crippen molar-refractivity contribution in [1.82, 2.24) is 14.7 Å². The first-order chi connectivity index (χ1) is 10.1. The van der Waals surface area contributed by atoms with Crippen molar-refractivity contribution in [2.75, 3.05) is 6.54 Å². The predicted molar refractivity (Wildman–Crippen MR) is 78.0 cm³/mol. The summed E-state index contributed by atoms with van der Waals surface area (Å²) in [6.45, 7) is 0.575. The zero-order valence-corrected chi connectivity index (χ0v) is 11.8. The highest BCUT2D eigenvalue weighted by atomic mass is 16.4. The van der Waals surface area contributed by atoms with E-state index >= 15 is 0 Å². The standard InChI is InChI=1S/C15H19N3O3/c19-14(16-8-4-1-2-7-15(20)21)10-12-11-18-9-5-3-6-13(18)17-12/h3,5-6,9,11H,1-2,4,7-8,10H2,(H,16,19)(H,20,21). The van der Waals surface area contributed by atoms with E-state index in [1.165, 1.54) is 0 Å². The van der Waals surface area contributed by atoms with E-state index in [-0.39, 0.29) is 18.7 Å². The van der Waals surface area contributed by atoms with Crippen LogP contribution in [0.25, 0.3) is 5.65 Å². The van der Waals surface area contributed by atoms with Gasteiger partial charge >= 0.3 is 5.97 Å². The van der Waals surface area contributed by atoms with Crippen LogP contribution in [0, 0.1) is 0 Å². The van der Waals surface area contributed by atoms with Crippen LogP contribution in [0.1, 0.15) is 31.4 Å². The molecule has 0 radical (unpaired) electrons. The fourth-order valence-corrected chi connectivity index (χ4v) is 2.11. The number of amides is 1. The molecule has 0 aliphatic heterocycles. The second-order valence-corrected chi connectivity index (χ2v) is 4.93. The number of imidazole rings is 1. The smallest absolute Gasteiger partial charge is 0.303 e. The van der Waals surface area contributed by atoms with Gasteiger partial charge in [-0.3, -0.25) is 9.59 Å². The number of carboxylic acid groups (broad SMARTS) is 1. The van der Waals surface area contributed by atoms with Crippen LogP contribution in [-0.2, 0) is 16.0 Å². The maximum Gasteiger partial charge on any atom is 0.303 e. The van der Waals surface area contributed by atoms with E-state index < -0.39 is 5.97 Å². The molecule has 0 bridgehead atoms. The SMILES string of the molecule is O=C(O)CCCCCNC(=O)Cc1cn2ccccc2n1. The van der Waals surface area contributed by atoms with Crippen molar-refractivity contribution in [3.8, 4) is 0 Å². The Labute approximate surface area is 122 Å². The molecule has 2 aromatic rings. The molecule has 0 aliphatic rings. The highest BCUT2D eigenvalue weighted by Crippen LogP contribution is 2.05. The number of hydrogen-bond acceptors (Lipinski definition) is 3. The Morgan fingerprint density at radius 1 is 1.24 bits per heavy atom. The molecular weight excluding hydrogens is 270 g/mol. The zero-order valence-electron chi connectivity index (χ0n) is 11.8. The molecule has 2 N–H and O–H groups in total. The van der Waals surface area contributed by atoms with Gasteiger partial charge in [0.1, 0.15) is 5.65 Å².